The maximum absolute atomic E-state index is 12.0. The maximum atomic E-state index is 12.0. The molecule has 0 saturated carbocycles. The largest absolute Gasteiger partial charge is 0.214 e. The molecular formula is C12H16Cl3NO2S. The average molecular weight is 345 g/mol. The van der Waals surface area contributed by atoms with Gasteiger partial charge in [-0.3, -0.25) is 0 Å². The molecule has 1 rings (SSSR count). The Bertz CT molecular complexity index is 520. The molecule has 7 heteroatoms. The zero-order valence-electron chi connectivity index (χ0n) is 10.6. The van der Waals surface area contributed by atoms with E-state index in [0.717, 1.165) is 5.56 Å². The molecule has 1 aromatic carbocycles. The Balaban J connectivity index is 2.67. The minimum absolute atomic E-state index is 0.109. The van der Waals surface area contributed by atoms with Crippen LogP contribution in [0.5, 0.6) is 0 Å². The van der Waals surface area contributed by atoms with Crippen molar-refractivity contribution in [2.24, 2.45) is 0 Å². The van der Waals surface area contributed by atoms with Crippen molar-refractivity contribution in [1.29, 1.82) is 0 Å². The monoisotopic (exact) mass is 343 g/mol. The summed E-state index contributed by atoms with van der Waals surface area (Å²) in [5.41, 5.74) is 0.804. The van der Waals surface area contributed by atoms with Crippen LogP contribution >= 0.6 is 34.8 Å². The standard InChI is InChI=1S/C12H16Cl3NO2S/c1-16(19(17,18)7-3-2-6-13)9-10-4-5-11(14)12(15)8-10/h4-5,8H,2-3,6-7,9H2,1H3. The molecule has 0 heterocycles. The second kappa shape index (κ2) is 7.70. The highest BCUT2D eigenvalue weighted by Gasteiger charge is 2.17. The van der Waals surface area contributed by atoms with E-state index in [1.165, 1.54) is 4.31 Å². The van der Waals surface area contributed by atoms with Gasteiger partial charge in [0.25, 0.3) is 0 Å². The van der Waals surface area contributed by atoms with Crippen LogP contribution in [-0.4, -0.2) is 31.4 Å². The van der Waals surface area contributed by atoms with Crippen LogP contribution in [0, 0.1) is 0 Å². The van der Waals surface area contributed by atoms with Crippen molar-refractivity contribution in [3.8, 4) is 0 Å². The zero-order valence-corrected chi connectivity index (χ0v) is 13.7. The van der Waals surface area contributed by atoms with Crippen molar-refractivity contribution < 1.29 is 8.42 Å². The summed E-state index contributed by atoms with van der Waals surface area (Å²) in [4.78, 5) is 0. The molecule has 0 radical (unpaired) electrons. The van der Waals surface area contributed by atoms with Crippen molar-refractivity contribution in [3.63, 3.8) is 0 Å². The van der Waals surface area contributed by atoms with Gasteiger partial charge in [-0.05, 0) is 30.5 Å². The van der Waals surface area contributed by atoms with E-state index in [-0.39, 0.29) is 12.3 Å². The summed E-state index contributed by atoms with van der Waals surface area (Å²) < 4.78 is 25.3. The van der Waals surface area contributed by atoms with Crippen molar-refractivity contribution in [2.75, 3.05) is 18.7 Å². The number of nitrogens with zero attached hydrogens (tertiary/aromatic N) is 1. The predicted molar refractivity (Wildman–Crippen MR) is 81.7 cm³/mol. The molecule has 0 fully saturated rings. The first kappa shape index (κ1) is 17.1. The molecular weight excluding hydrogens is 329 g/mol. The summed E-state index contributed by atoms with van der Waals surface area (Å²) in [6.07, 6.45) is 1.26. The summed E-state index contributed by atoms with van der Waals surface area (Å²) >= 11 is 17.3. The Morgan fingerprint density at radius 1 is 1.16 bits per heavy atom. The normalized spacial score (nSPS) is 12.1. The topological polar surface area (TPSA) is 37.4 Å². The van der Waals surface area contributed by atoms with Crippen LogP contribution in [0.4, 0.5) is 0 Å². The van der Waals surface area contributed by atoms with Gasteiger partial charge in [0.05, 0.1) is 15.8 Å². The molecule has 0 aromatic heterocycles. The van der Waals surface area contributed by atoms with Crippen LogP contribution < -0.4 is 0 Å². The van der Waals surface area contributed by atoms with Crippen LogP contribution in [0.15, 0.2) is 18.2 Å². The third-order valence-electron chi connectivity index (χ3n) is 2.65. The quantitative estimate of drug-likeness (QED) is 0.557. The van der Waals surface area contributed by atoms with Crippen LogP contribution in [0.25, 0.3) is 0 Å². The van der Waals surface area contributed by atoms with Gasteiger partial charge in [0.15, 0.2) is 0 Å². The molecule has 0 aliphatic rings. The van der Waals surface area contributed by atoms with Gasteiger partial charge >= 0.3 is 0 Å². The smallest absolute Gasteiger partial charge is 0.212 e. The Labute approximate surface area is 129 Å². The maximum Gasteiger partial charge on any atom is 0.214 e. The highest BCUT2D eigenvalue weighted by molar-refractivity contribution is 7.89. The summed E-state index contributed by atoms with van der Waals surface area (Å²) in [6, 6.07) is 5.10. The first-order valence-corrected chi connectivity index (χ1v) is 8.70. The second-order valence-electron chi connectivity index (χ2n) is 4.22. The van der Waals surface area contributed by atoms with Crippen LogP contribution in [0.2, 0.25) is 10.0 Å². The van der Waals surface area contributed by atoms with E-state index in [1.807, 2.05) is 0 Å². The van der Waals surface area contributed by atoms with Gasteiger partial charge in [0, 0.05) is 19.5 Å². The van der Waals surface area contributed by atoms with Gasteiger partial charge in [0.1, 0.15) is 0 Å². The van der Waals surface area contributed by atoms with Crippen molar-refractivity contribution in [1.82, 2.24) is 4.31 Å². The molecule has 0 amide bonds. The van der Waals surface area contributed by atoms with Crippen molar-refractivity contribution in [3.05, 3.63) is 33.8 Å². The fourth-order valence-electron chi connectivity index (χ4n) is 1.53. The van der Waals surface area contributed by atoms with Gasteiger partial charge in [-0.25, -0.2) is 12.7 Å². The molecule has 3 nitrogen and oxygen atoms in total. The lowest BCUT2D eigenvalue weighted by molar-refractivity contribution is 0.465. The molecule has 0 atom stereocenters. The van der Waals surface area contributed by atoms with Crippen molar-refractivity contribution >= 4 is 44.8 Å². The number of sulfonamides is 1. The fourth-order valence-corrected chi connectivity index (χ4v) is 3.26. The van der Waals surface area contributed by atoms with Gasteiger partial charge in [0.2, 0.25) is 10.0 Å². The van der Waals surface area contributed by atoms with E-state index >= 15 is 0 Å². The Morgan fingerprint density at radius 2 is 1.84 bits per heavy atom. The van der Waals surface area contributed by atoms with Gasteiger partial charge < -0.3 is 0 Å². The van der Waals surface area contributed by atoms with E-state index in [9.17, 15) is 8.42 Å². The second-order valence-corrected chi connectivity index (χ2v) is 7.60. The summed E-state index contributed by atoms with van der Waals surface area (Å²) in [6.45, 7) is 0.278. The van der Waals surface area contributed by atoms with Crippen LogP contribution in [0.1, 0.15) is 18.4 Å². The van der Waals surface area contributed by atoms with Gasteiger partial charge in [-0.1, -0.05) is 29.3 Å². The van der Waals surface area contributed by atoms with E-state index in [0.29, 0.717) is 28.8 Å². The van der Waals surface area contributed by atoms with Gasteiger partial charge in [-0.15, -0.1) is 11.6 Å². The van der Waals surface area contributed by atoms with Crippen molar-refractivity contribution in [2.45, 2.75) is 19.4 Å². The lowest BCUT2D eigenvalue weighted by Gasteiger charge is -2.17. The predicted octanol–water partition coefficient (Wildman–Crippen LogP) is 3.77. The number of hydrogen-bond donors (Lipinski definition) is 0. The Morgan fingerprint density at radius 3 is 2.42 bits per heavy atom. The molecule has 0 N–H and O–H groups in total. The summed E-state index contributed by atoms with van der Waals surface area (Å²) in [5, 5.41) is 0.880. The number of rotatable bonds is 7. The van der Waals surface area contributed by atoms with Crippen LogP contribution in [0.3, 0.4) is 0 Å². The fraction of sp³-hybridized carbons (Fsp3) is 0.500. The lowest BCUT2D eigenvalue weighted by atomic mass is 10.2. The minimum atomic E-state index is -3.26. The zero-order chi connectivity index (χ0) is 14.5. The van der Waals surface area contributed by atoms with Gasteiger partial charge in [-0.2, -0.15) is 0 Å². The van der Waals surface area contributed by atoms with E-state index in [4.69, 9.17) is 34.8 Å². The molecule has 0 aliphatic heterocycles. The molecule has 0 saturated heterocycles. The molecule has 0 bridgehead atoms. The molecule has 0 spiro atoms. The highest BCUT2D eigenvalue weighted by Crippen LogP contribution is 2.23. The molecule has 0 unspecified atom stereocenters. The molecule has 1 aromatic rings. The number of alkyl halides is 1. The SMILES string of the molecule is CN(Cc1ccc(Cl)c(Cl)c1)S(=O)(=O)CCCCCl. The number of halogens is 3. The lowest BCUT2D eigenvalue weighted by Crippen LogP contribution is -2.28. The van der Waals surface area contributed by atoms with E-state index in [1.54, 1.807) is 25.2 Å². The number of unbranched alkanes of at least 4 members (excludes halogenated alkanes) is 1. The highest BCUT2D eigenvalue weighted by atomic mass is 35.5. The summed E-state index contributed by atoms with van der Waals surface area (Å²) in [5.74, 6) is 0.587. The first-order valence-electron chi connectivity index (χ1n) is 5.80. The molecule has 0 aliphatic carbocycles. The van der Waals surface area contributed by atoms with E-state index in [2.05, 4.69) is 0 Å². The Kier molecular flexibility index (Phi) is 6.91. The number of benzene rings is 1. The Hall–Kier alpha value is -0.000000000000000167. The average Bonchev–Trinajstić information content (AvgIpc) is 2.34. The summed E-state index contributed by atoms with van der Waals surface area (Å²) in [7, 11) is -1.70. The first-order chi connectivity index (χ1) is 8.86. The minimum Gasteiger partial charge on any atom is -0.212 e. The third kappa shape index (κ3) is 5.48. The molecule has 108 valence electrons. The van der Waals surface area contributed by atoms with E-state index < -0.39 is 10.0 Å². The van der Waals surface area contributed by atoms with Crippen LogP contribution in [-0.2, 0) is 16.6 Å². The number of hydrogen-bond acceptors (Lipinski definition) is 2. The molecule has 19 heavy (non-hydrogen) atoms. The third-order valence-corrected chi connectivity index (χ3v) is 5.54.